The molecule has 13 nitrogen and oxygen atoms in total. The van der Waals surface area contributed by atoms with Crippen LogP contribution in [0.4, 0.5) is 4.79 Å². The van der Waals surface area contributed by atoms with Crippen molar-refractivity contribution in [2.24, 2.45) is 34.3 Å². The number of nitrogens with two attached hydrogens (primary N) is 1. The van der Waals surface area contributed by atoms with Crippen LogP contribution in [0.5, 0.6) is 0 Å². The molecule has 0 bridgehead atoms. The fraction of sp³-hybridized carbons (Fsp3) is 0.744. The molecule has 5 rings (SSSR count). The van der Waals surface area contributed by atoms with Crippen molar-refractivity contribution in [2.45, 2.75) is 154 Å². The highest BCUT2D eigenvalue weighted by atomic mass is 35.5. The standard InChI is InChI=1S/C18H28O4.C13H17NO5.C8H15NO2.ClH/c1-3-4-5-8-13-11-15(13)22-16(19)12-14(17(20)21)18(2)9-6-7-10-18;1-2-3-4-5-9-8-10(9)18-13(17)19-14-11(15)6-7-12(14)16;1-8(4-2-3-5-8)6(9)7(10)11;/h3,13-15H,1,4-12H2,2H3,(H,20,21);2,9-10H,1,3-8H2;6H,2-5,9H2,1H3,(H,10,11);1H/t13-,14-,15-;9-,10-;6-;/m111./s1. The largest absolute Gasteiger partial charge is 0.534 e. The van der Waals surface area contributed by atoms with Gasteiger partial charge in [-0.2, -0.15) is 0 Å². The first-order valence-electron chi connectivity index (χ1n) is 19.0. The number of rotatable bonds is 17. The highest BCUT2D eigenvalue weighted by Gasteiger charge is 2.45. The van der Waals surface area contributed by atoms with Gasteiger partial charge in [-0.05, 0) is 99.7 Å². The fourth-order valence-corrected chi connectivity index (χ4v) is 7.60. The second kappa shape index (κ2) is 21.4. The van der Waals surface area contributed by atoms with E-state index >= 15 is 0 Å². The van der Waals surface area contributed by atoms with Gasteiger partial charge in [0.15, 0.2) is 0 Å². The van der Waals surface area contributed by atoms with Crippen LogP contribution in [0, 0.1) is 28.6 Å². The van der Waals surface area contributed by atoms with E-state index in [0.29, 0.717) is 16.9 Å². The Morgan fingerprint density at radius 2 is 1.26 bits per heavy atom. The molecule has 14 heteroatoms. The van der Waals surface area contributed by atoms with E-state index in [9.17, 15) is 33.9 Å². The molecule has 1 aliphatic heterocycles. The second-order valence-electron chi connectivity index (χ2n) is 15.7. The lowest BCUT2D eigenvalue weighted by atomic mass is 9.74. The highest BCUT2D eigenvalue weighted by Crippen LogP contribution is 2.46. The summed E-state index contributed by atoms with van der Waals surface area (Å²) >= 11 is 0. The molecule has 0 radical (unpaired) electrons. The van der Waals surface area contributed by atoms with Crippen LogP contribution < -0.4 is 5.73 Å². The first kappa shape index (κ1) is 45.7. The van der Waals surface area contributed by atoms with Crippen molar-refractivity contribution >= 4 is 48.3 Å². The summed E-state index contributed by atoms with van der Waals surface area (Å²) < 4.78 is 10.5. The summed E-state index contributed by atoms with van der Waals surface area (Å²) in [5, 5.41) is 18.7. The van der Waals surface area contributed by atoms with E-state index in [1.165, 1.54) is 0 Å². The molecule has 0 aromatic carbocycles. The van der Waals surface area contributed by atoms with E-state index in [1.54, 1.807) is 0 Å². The topological polar surface area (TPSA) is 200 Å². The van der Waals surface area contributed by atoms with Crippen LogP contribution >= 0.6 is 12.4 Å². The number of imide groups is 1. The Balaban J connectivity index is 0.000000287. The predicted octanol–water partition coefficient (Wildman–Crippen LogP) is 7.29. The average molecular weight is 769 g/mol. The monoisotopic (exact) mass is 768 g/mol. The number of hydrogen-bond acceptors (Lipinski definition) is 10. The van der Waals surface area contributed by atoms with Gasteiger partial charge in [-0.1, -0.05) is 56.7 Å². The molecule has 4 N–H and O–H groups in total. The van der Waals surface area contributed by atoms with Gasteiger partial charge in [0.25, 0.3) is 11.8 Å². The summed E-state index contributed by atoms with van der Waals surface area (Å²) in [5.41, 5.74) is 5.16. The lowest BCUT2D eigenvalue weighted by Gasteiger charge is -2.30. The molecule has 4 saturated carbocycles. The smallest absolute Gasteiger partial charge is 0.481 e. The Morgan fingerprint density at radius 1 is 0.811 bits per heavy atom. The summed E-state index contributed by atoms with van der Waals surface area (Å²) in [6.07, 6.45) is 18.7. The predicted molar refractivity (Wildman–Crippen MR) is 198 cm³/mol. The summed E-state index contributed by atoms with van der Waals surface area (Å²) in [6, 6.07) is -0.676. The summed E-state index contributed by atoms with van der Waals surface area (Å²) in [5.74, 6) is -2.85. The second-order valence-corrected chi connectivity index (χ2v) is 15.7. The molecule has 300 valence electrons. The normalized spacial score (nSPS) is 25.5. The van der Waals surface area contributed by atoms with Crippen LogP contribution in [0.25, 0.3) is 0 Å². The quantitative estimate of drug-likeness (QED) is 0.0578. The van der Waals surface area contributed by atoms with Gasteiger partial charge in [-0.3, -0.25) is 28.8 Å². The zero-order valence-corrected chi connectivity index (χ0v) is 32.3. The van der Waals surface area contributed by atoms with E-state index in [-0.39, 0.29) is 60.7 Å². The number of amides is 2. The maximum Gasteiger partial charge on any atom is 0.534 e. The van der Waals surface area contributed by atoms with Crippen LogP contribution in [0.2, 0.25) is 0 Å². The van der Waals surface area contributed by atoms with Crippen molar-refractivity contribution in [1.29, 1.82) is 0 Å². The number of nitrogens with zero attached hydrogens (tertiary/aromatic N) is 1. The minimum atomic E-state index is -0.972. The summed E-state index contributed by atoms with van der Waals surface area (Å²) in [4.78, 5) is 72.7. The Bertz CT molecular complexity index is 1280. The molecule has 5 aliphatic rings. The minimum Gasteiger partial charge on any atom is -0.481 e. The maximum absolute atomic E-state index is 12.1. The van der Waals surface area contributed by atoms with Gasteiger partial charge in [0.2, 0.25) is 0 Å². The van der Waals surface area contributed by atoms with Crippen molar-refractivity contribution in [3.05, 3.63) is 25.3 Å². The number of hydrogen-bond donors (Lipinski definition) is 3. The van der Waals surface area contributed by atoms with Crippen LogP contribution in [-0.4, -0.2) is 69.4 Å². The van der Waals surface area contributed by atoms with Crippen LogP contribution in [0.3, 0.4) is 0 Å². The summed E-state index contributed by atoms with van der Waals surface area (Å²) in [7, 11) is 0. The number of allylic oxidation sites excluding steroid dienone is 2. The lowest BCUT2D eigenvalue weighted by Crippen LogP contribution is -2.44. The minimum absolute atomic E-state index is 0. The van der Waals surface area contributed by atoms with E-state index in [2.05, 4.69) is 18.0 Å². The van der Waals surface area contributed by atoms with Crippen molar-refractivity contribution in [1.82, 2.24) is 5.06 Å². The first-order valence-corrected chi connectivity index (χ1v) is 19.0. The van der Waals surface area contributed by atoms with Crippen LogP contribution in [0.1, 0.15) is 136 Å². The molecule has 1 heterocycles. The number of carboxylic acids is 2. The van der Waals surface area contributed by atoms with Crippen LogP contribution in [0.15, 0.2) is 25.3 Å². The highest BCUT2D eigenvalue weighted by molar-refractivity contribution is 6.01. The van der Waals surface area contributed by atoms with Gasteiger partial charge in [0.05, 0.1) is 12.3 Å². The zero-order valence-electron chi connectivity index (χ0n) is 31.5. The molecule has 4 aliphatic carbocycles. The maximum atomic E-state index is 12.1. The Kier molecular flexibility index (Phi) is 18.5. The molecule has 5 fully saturated rings. The molecule has 0 aromatic rings. The molecule has 0 unspecified atom stereocenters. The van der Waals surface area contributed by atoms with Crippen LogP contribution in [-0.2, 0) is 38.3 Å². The molecule has 0 spiro atoms. The van der Waals surface area contributed by atoms with Crippen molar-refractivity contribution in [2.75, 3.05) is 0 Å². The number of halogens is 1. The van der Waals surface area contributed by atoms with Gasteiger partial charge in [0, 0.05) is 12.8 Å². The molecular weight excluding hydrogens is 708 g/mol. The third-order valence-corrected chi connectivity index (χ3v) is 11.4. The molecule has 1 saturated heterocycles. The number of hydroxylamine groups is 2. The number of carbonyl (C=O) groups is 6. The van der Waals surface area contributed by atoms with Gasteiger partial charge in [0.1, 0.15) is 18.2 Å². The Morgan fingerprint density at radius 3 is 1.70 bits per heavy atom. The SMILES string of the molecule is C=CCCC[C@@H]1C[C@H]1OC(=O)C[C@H](C(=O)O)C1(C)CCCC1.C=CCCC[C@@H]1C[C@H]1OC(=O)ON1C(=O)CCC1=O.CC1([C@H](N)C(=O)O)CCCC1.Cl. The number of carbonyl (C=O) groups excluding carboxylic acids is 4. The first-order chi connectivity index (χ1) is 24.6. The number of carboxylic acid groups (broad SMARTS) is 2. The molecule has 6 atom stereocenters. The summed E-state index contributed by atoms with van der Waals surface area (Å²) in [6.45, 7) is 11.3. The van der Waals surface area contributed by atoms with Crippen molar-refractivity contribution in [3.8, 4) is 0 Å². The number of ether oxygens (including phenoxy) is 2. The number of unbranched alkanes of at least 4 members (excludes halogenated alkanes) is 2. The van der Waals surface area contributed by atoms with Crippen molar-refractivity contribution < 1.29 is 53.3 Å². The zero-order chi connectivity index (χ0) is 38.5. The van der Waals surface area contributed by atoms with Gasteiger partial charge >= 0.3 is 24.1 Å². The van der Waals surface area contributed by atoms with E-state index in [4.69, 9.17) is 20.3 Å². The Labute approximate surface area is 319 Å². The third-order valence-electron chi connectivity index (χ3n) is 11.4. The fourth-order valence-electron chi connectivity index (χ4n) is 7.60. The Hall–Kier alpha value is -3.45. The van der Waals surface area contributed by atoms with Crippen molar-refractivity contribution in [3.63, 3.8) is 0 Å². The van der Waals surface area contributed by atoms with E-state index in [1.807, 2.05) is 26.0 Å². The average Bonchev–Trinajstić information content (AvgIpc) is 3.83. The number of aliphatic carboxylic acids is 2. The third kappa shape index (κ3) is 14.4. The molecule has 2 amide bonds. The van der Waals surface area contributed by atoms with E-state index in [0.717, 1.165) is 103 Å². The van der Waals surface area contributed by atoms with E-state index < -0.39 is 41.9 Å². The van der Waals surface area contributed by atoms with Gasteiger partial charge < -0.3 is 25.4 Å². The van der Waals surface area contributed by atoms with Gasteiger partial charge in [-0.15, -0.1) is 25.6 Å². The molecule has 0 aromatic heterocycles. The molecule has 53 heavy (non-hydrogen) atoms. The molecular formula is C39H61ClN2O11. The lowest BCUT2D eigenvalue weighted by molar-refractivity contribution is -0.177. The number of esters is 1. The van der Waals surface area contributed by atoms with Gasteiger partial charge in [-0.25, -0.2) is 4.79 Å².